The van der Waals surface area contributed by atoms with Gasteiger partial charge in [-0.1, -0.05) is 19.1 Å². The lowest BCUT2D eigenvalue weighted by Gasteiger charge is -2.08. The van der Waals surface area contributed by atoms with E-state index in [4.69, 9.17) is 0 Å². The molecule has 0 saturated carbocycles. The Labute approximate surface area is 114 Å². The van der Waals surface area contributed by atoms with E-state index in [1.807, 2.05) is 0 Å². The van der Waals surface area contributed by atoms with Gasteiger partial charge in [0.15, 0.2) is 0 Å². The molecule has 4 nitrogen and oxygen atoms in total. The summed E-state index contributed by atoms with van der Waals surface area (Å²) in [6.07, 6.45) is 2.41. The van der Waals surface area contributed by atoms with Crippen molar-refractivity contribution in [3.63, 3.8) is 0 Å². The van der Waals surface area contributed by atoms with Crippen LogP contribution >= 0.6 is 0 Å². The van der Waals surface area contributed by atoms with Crippen molar-refractivity contribution in [1.82, 2.24) is 5.32 Å². The number of sulfonamides is 1. The summed E-state index contributed by atoms with van der Waals surface area (Å²) in [6, 6.07) is 5.75. The molecule has 0 aliphatic carbocycles. The van der Waals surface area contributed by atoms with Crippen LogP contribution in [0.15, 0.2) is 24.3 Å². The van der Waals surface area contributed by atoms with Gasteiger partial charge in [-0.3, -0.25) is 4.72 Å². The Morgan fingerprint density at radius 2 is 1.89 bits per heavy atom. The van der Waals surface area contributed by atoms with E-state index in [0.29, 0.717) is 6.42 Å². The molecule has 0 fully saturated rings. The molecule has 0 spiro atoms. The highest BCUT2D eigenvalue weighted by molar-refractivity contribution is 7.92. The summed E-state index contributed by atoms with van der Waals surface area (Å²) >= 11 is 0. The van der Waals surface area contributed by atoms with Crippen LogP contribution in [0.25, 0.3) is 0 Å². The largest absolute Gasteiger partial charge is 0.317 e. The summed E-state index contributed by atoms with van der Waals surface area (Å²) in [7, 11) is -3.47. The highest BCUT2D eigenvalue weighted by Crippen LogP contribution is 2.14. The Hall–Kier alpha value is -1.14. The average molecular weight is 288 g/mol. The number of hydrogen-bond donors (Lipinski definition) is 2. The van der Waals surface area contributed by atoms with Crippen molar-refractivity contribution in [3.8, 4) is 0 Å². The molecular formula is C13H21FN2O2S. The van der Waals surface area contributed by atoms with Crippen LogP contribution in [0.5, 0.6) is 0 Å². The van der Waals surface area contributed by atoms with Crippen LogP contribution < -0.4 is 10.0 Å². The van der Waals surface area contributed by atoms with Gasteiger partial charge in [-0.05, 0) is 44.5 Å². The molecule has 2 N–H and O–H groups in total. The van der Waals surface area contributed by atoms with Crippen LogP contribution in [-0.2, 0) is 10.0 Å². The smallest absolute Gasteiger partial charge is 0.232 e. The molecule has 6 heteroatoms. The monoisotopic (exact) mass is 288 g/mol. The normalized spacial score (nSPS) is 11.5. The molecule has 0 aromatic heterocycles. The molecule has 1 aromatic carbocycles. The SMILES string of the molecule is CCCNCCCCS(=O)(=O)Nc1ccccc1F. The summed E-state index contributed by atoms with van der Waals surface area (Å²) in [4.78, 5) is 0. The predicted octanol–water partition coefficient (Wildman–Crippen LogP) is 2.35. The van der Waals surface area contributed by atoms with Crippen LogP contribution in [0.3, 0.4) is 0 Å². The fraction of sp³-hybridized carbons (Fsp3) is 0.538. The van der Waals surface area contributed by atoms with Gasteiger partial charge in [0.1, 0.15) is 5.82 Å². The first kappa shape index (κ1) is 15.9. The maximum Gasteiger partial charge on any atom is 0.232 e. The number of para-hydroxylation sites is 1. The second kappa shape index (κ2) is 8.12. The zero-order chi connectivity index (χ0) is 14.1. The summed E-state index contributed by atoms with van der Waals surface area (Å²) in [5, 5.41) is 3.20. The molecule has 0 unspecified atom stereocenters. The number of anilines is 1. The van der Waals surface area contributed by atoms with Crippen LogP contribution in [-0.4, -0.2) is 27.3 Å². The van der Waals surface area contributed by atoms with Crippen molar-refractivity contribution in [3.05, 3.63) is 30.1 Å². The number of unbranched alkanes of at least 4 members (excludes halogenated alkanes) is 1. The Balaban J connectivity index is 2.34. The van der Waals surface area contributed by atoms with Crippen molar-refractivity contribution in [2.45, 2.75) is 26.2 Å². The molecule has 0 saturated heterocycles. The molecule has 0 bridgehead atoms. The summed E-state index contributed by atoms with van der Waals surface area (Å²) in [6.45, 7) is 3.83. The van der Waals surface area contributed by atoms with E-state index >= 15 is 0 Å². The first-order chi connectivity index (χ1) is 9.05. The Kier molecular flexibility index (Phi) is 6.80. The van der Waals surface area contributed by atoms with Gasteiger partial charge in [-0.25, -0.2) is 12.8 Å². The molecule has 108 valence electrons. The van der Waals surface area contributed by atoms with E-state index in [2.05, 4.69) is 17.0 Å². The Morgan fingerprint density at radius 3 is 2.58 bits per heavy atom. The van der Waals surface area contributed by atoms with Gasteiger partial charge < -0.3 is 5.32 Å². The molecular weight excluding hydrogens is 267 g/mol. The van der Waals surface area contributed by atoms with E-state index in [-0.39, 0.29) is 11.4 Å². The van der Waals surface area contributed by atoms with Gasteiger partial charge >= 0.3 is 0 Å². The van der Waals surface area contributed by atoms with Crippen molar-refractivity contribution in [1.29, 1.82) is 0 Å². The molecule has 19 heavy (non-hydrogen) atoms. The fourth-order valence-corrected chi connectivity index (χ4v) is 2.79. The quantitative estimate of drug-likeness (QED) is 0.686. The van der Waals surface area contributed by atoms with Gasteiger partial charge in [-0.15, -0.1) is 0 Å². The van der Waals surface area contributed by atoms with E-state index in [9.17, 15) is 12.8 Å². The van der Waals surface area contributed by atoms with Crippen LogP contribution in [0.1, 0.15) is 26.2 Å². The number of hydrogen-bond acceptors (Lipinski definition) is 3. The van der Waals surface area contributed by atoms with Gasteiger partial charge in [0.25, 0.3) is 0 Å². The molecule has 0 amide bonds. The van der Waals surface area contributed by atoms with Crippen LogP contribution in [0.4, 0.5) is 10.1 Å². The summed E-state index contributed by atoms with van der Waals surface area (Å²) in [5.41, 5.74) is 0.00612. The fourth-order valence-electron chi connectivity index (χ4n) is 1.61. The molecule has 0 heterocycles. The number of nitrogens with one attached hydrogen (secondary N) is 2. The Morgan fingerprint density at radius 1 is 1.16 bits per heavy atom. The standard InChI is InChI=1S/C13H21FN2O2S/c1-2-9-15-10-5-6-11-19(17,18)16-13-8-4-3-7-12(13)14/h3-4,7-8,15-16H,2,5-6,9-11H2,1H3. The summed E-state index contributed by atoms with van der Waals surface area (Å²) in [5.74, 6) is -0.550. The maximum atomic E-state index is 13.3. The predicted molar refractivity (Wildman–Crippen MR) is 76.2 cm³/mol. The van der Waals surface area contributed by atoms with E-state index < -0.39 is 15.8 Å². The minimum atomic E-state index is -3.47. The van der Waals surface area contributed by atoms with Crippen molar-refractivity contribution in [2.75, 3.05) is 23.6 Å². The van der Waals surface area contributed by atoms with E-state index in [1.165, 1.54) is 18.2 Å². The van der Waals surface area contributed by atoms with Crippen molar-refractivity contribution in [2.24, 2.45) is 0 Å². The highest BCUT2D eigenvalue weighted by atomic mass is 32.2. The first-order valence-corrected chi connectivity index (χ1v) is 8.16. The second-order valence-corrected chi connectivity index (χ2v) is 6.20. The number of benzene rings is 1. The van der Waals surface area contributed by atoms with Gasteiger partial charge in [0.2, 0.25) is 10.0 Å². The van der Waals surface area contributed by atoms with Crippen molar-refractivity contribution < 1.29 is 12.8 Å². The molecule has 0 radical (unpaired) electrons. The summed E-state index contributed by atoms with van der Waals surface area (Å²) < 4.78 is 39.1. The molecule has 0 aliphatic rings. The molecule has 1 rings (SSSR count). The van der Waals surface area contributed by atoms with Crippen molar-refractivity contribution >= 4 is 15.7 Å². The Bertz CT molecular complexity index is 477. The minimum Gasteiger partial charge on any atom is -0.317 e. The lowest BCUT2D eigenvalue weighted by atomic mass is 10.3. The topological polar surface area (TPSA) is 58.2 Å². The third kappa shape index (κ3) is 6.54. The van der Waals surface area contributed by atoms with E-state index in [1.54, 1.807) is 6.07 Å². The lowest BCUT2D eigenvalue weighted by Crippen LogP contribution is -2.20. The molecule has 1 aromatic rings. The second-order valence-electron chi connectivity index (χ2n) is 4.36. The van der Waals surface area contributed by atoms with Gasteiger partial charge in [0.05, 0.1) is 11.4 Å². The third-order valence-electron chi connectivity index (χ3n) is 2.58. The molecule has 0 aliphatic heterocycles. The van der Waals surface area contributed by atoms with Crippen LogP contribution in [0, 0.1) is 5.82 Å². The minimum absolute atomic E-state index is 0.00612. The number of rotatable bonds is 9. The molecule has 0 atom stereocenters. The van der Waals surface area contributed by atoms with E-state index in [0.717, 1.165) is 25.9 Å². The first-order valence-electron chi connectivity index (χ1n) is 6.51. The van der Waals surface area contributed by atoms with Gasteiger partial charge in [-0.2, -0.15) is 0 Å². The highest BCUT2D eigenvalue weighted by Gasteiger charge is 2.12. The zero-order valence-corrected chi connectivity index (χ0v) is 12.0. The van der Waals surface area contributed by atoms with Gasteiger partial charge in [0, 0.05) is 0 Å². The average Bonchev–Trinajstić information content (AvgIpc) is 2.36. The third-order valence-corrected chi connectivity index (χ3v) is 3.94. The maximum absolute atomic E-state index is 13.3. The zero-order valence-electron chi connectivity index (χ0n) is 11.2. The number of halogens is 1. The lowest BCUT2D eigenvalue weighted by molar-refractivity contribution is 0.588. The van der Waals surface area contributed by atoms with Crippen LogP contribution in [0.2, 0.25) is 0 Å².